The van der Waals surface area contributed by atoms with E-state index < -0.39 is 0 Å². The van der Waals surface area contributed by atoms with Gasteiger partial charge in [0.25, 0.3) is 0 Å². The number of ether oxygens (including phenoxy) is 1. The average molecular weight is 290 g/mol. The molecular weight excluding hydrogens is 268 g/mol. The number of rotatable bonds is 4. The van der Waals surface area contributed by atoms with Crippen LogP contribution in [0.25, 0.3) is 0 Å². The van der Waals surface area contributed by atoms with E-state index in [-0.39, 0.29) is 23.9 Å². The van der Waals surface area contributed by atoms with Crippen LogP contribution in [0.1, 0.15) is 31.1 Å². The van der Waals surface area contributed by atoms with Gasteiger partial charge >= 0.3 is 0 Å². The first-order chi connectivity index (χ1) is 9.94. The Kier molecular flexibility index (Phi) is 5.09. The van der Waals surface area contributed by atoms with Crippen molar-refractivity contribution in [3.8, 4) is 0 Å². The van der Waals surface area contributed by atoms with Crippen LogP contribution >= 0.6 is 0 Å². The predicted octanol–water partition coefficient (Wildman–Crippen LogP) is 1.94. The van der Waals surface area contributed by atoms with Gasteiger partial charge in [-0.15, -0.1) is 0 Å². The molecule has 1 N–H and O–H groups in total. The van der Waals surface area contributed by atoms with E-state index in [2.05, 4.69) is 10.2 Å². The van der Waals surface area contributed by atoms with E-state index in [1.54, 1.807) is 24.3 Å². The van der Waals surface area contributed by atoms with Crippen molar-refractivity contribution in [3.63, 3.8) is 0 Å². The molecule has 2 unspecified atom stereocenters. The number of Topliss-reactive ketones (excluding diaryl/α,β-unsaturated/α-hetero) is 1. The molecule has 1 aromatic rings. The van der Waals surface area contributed by atoms with Crippen LogP contribution in [0.15, 0.2) is 24.3 Å². The summed E-state index contributed by atoms with van der Waals surface area (Å²) in [7, 11) is 0. The molecule has 0 aliphatic carbocycles. The minimum Gasteiger partial charge on any atom is -0.373 e. The fourth-order valence-corrected chi connectivity index (χ4v) is 2.63. The highest BCUT2D eigenvalue weighted by Gasteiger charge is 2.23. The van der Waals surface area contributed by atoms with Crippen LogP contribution in [0, 0.1) is 0 Å². The molecule has 1 amide bonds. The molecule has 0 radical (unpaired) electrons. The summed E-state index contributed by atoms with van der Waals surface area (Å²) >= 11 is 0. The van der Waals surface area contributed by atoms with Crippen LogP contribution < -0.4 is 5.32 Å². The quantitative estimate of drug-likeness (QED) is 0.861. The van der Waals surface area contributed by atoms with Gasteiger partial charge in [-0.1, -0.05) is 12.1 Å². The largest absolute Gasteiger partial charge is 0.373 e. The lowest BCUT2D eigenvalue weighted by Gasteiger charge is -2.34. The number of amides is 1. The van der Waals surface area contributed by atoms with E-state index in [9.17, 15) is 9.59 Å². The van der Waals surface area contributed by atoms with Crippen molar-refractivity contribution in [1.82, 2.24) is 4.90 Å². The van der Waals surface area contributed by atoms with Crippen LogP contribution in [0.2, 0.25) is 0 Å². The van der Waals surface area contributed by atoms with Crippen molar-refractivity contribution >= 4 is 17.4 Å². The zero-order valence-corrected chi connectivity index (χ0v) is 12.8. The highest BCUT2D eigenvalue weighted by Crippen LogP contribution is 2.13. The van der Waals surface area contributed by atoms with Gasteiger partial charge < -0.3 is 10.1 Å². The monoisotopic (exact) mass is 290 g/mol. The van der Waals surface area contributed by atoms with Crippen LogP contribution in [0.5, 0.6) is 0 Å². The van der Waals surface area contributed by atoms with Crippen molar-refractivity contribution in [2.45, 2.75) is 33.0 Å². The summed E-state index contributed by atoms with van der Waals surface area (Å²) in [5, 5.41) is 2.84. The first-order valence-electron chi connectivity index (χ1n) is 7.22. The number of nitrogens with one attached hydrogen (secondary N) is 1. The molecule has 1 aliphatic heterocycles. The lowest BCUT2D eigenvalue weighted by Crippen LogP contribution is -2.48. The van der Waals surface area contributed by atoms with Gasteiger partial charge in [0.15, 0.2) is 5.78 Å². The second-order valence-electron chi connectivity index (χ2n) is 5.64. The number of ketones is 1. The standard InChI is InChI=1S/C16H22N2O3/c1-11-8-18(9-12(2)21-11)10-16(20)17-15-6-4-5-14(7-15)13(3)19/h4-7,11-12H,8-10H2,1-3H3,(H,17,20). The van der Waals surface area contributed by atoms with Gasteiger partial charge in [-0.25, -0.2) is 0 Å². The van der Waals surface area contributed by atoms with Crippen molar-refractivity contribution in [2.24, 2.45) is 0 Å². The molecule has 2 atom stereocenters. The molecule has 1 saturated heterocycles. The number of hydrogen-bond donors (Lipinski definition) is 1. The molecule has 2 rings (SSSR count). The third kappa shape index (κ3) is 4.65. The third-order valence-electron chi connectivity index (χ3n) is 3.42. The first-order valence-corrected chi connectivity index (χ1v) is 7.22. The van der Waals surface area contributed by atoms with E-state index >= 15 is 0 Å². The lowest BCUT2D eigenvalue weighted by molar-refractivity contribution is -0.121. The van der Waals surface area contributed by atoms with E-state index in [1.807, 2.05) is 13.8 Å². The second kappa shape index (κ2) is 6.83. The Morgan fingerprint density at radius 3 is 2.57 bits per heavy atom. The lowest BCUT2D eigenvalue weighted by atomic mass is 10.1. The molecule has 1 fully saturated rings. The average Bonchev–Trinajstić information content (AvgIpc) is 2.37. The Labute approximate surface area is 125 Å². The number of anilines is 1. The van der Waals surface area contributed by atoms with E-state index in [1.165, 1.54) is 6.92 Å². The number of carbonyl (C=O) groups excluding carboxylic acids is 2. The second-order valence-corrected chi connectivity index (χ2v) is 5.64. The molecule has 0 aromatic heterocycles. The topological polar surface area (TPSA) is 58.6 Å². The van der Waals surface area contributed by atoms with E-state index in [4.69, 9.17) is 4.74 Å². The van der Waals surface area contributed by atoms with Crippen LogP contribution in [-0.2, 0) is 9.53 Å². The smallest absolute Gasteiger partial charge is 0.238 e. The Balaban J connectivity index is 1.92. The molecule has 1 heterocycles. The van der Waals surface area contributed by atoms with E-state index in [0.29, 0.717) is 17.8 Å². The summed E-state index contributed by atoms with van der Waals surface area (Å²) in [6.45, 7) is 7.38. The molecule has 0 bridgehead atoms. The molecule has 1 aromatic carbocycles. The third-order valence-corrected chi connectivity index (χ3v) is 3.42. The minimum atomic E-state index is -0.0722. The van der Waals surface area contributed by atoms with Crippen LogP contribution in [0.3, 0.4) is 0 Å². The van der Waals surface area contributed by atoms with Gasteiger partial charge in [-0.2, -0.15) is 0 Å². The molecule has 5 heteroatoms. The normalized spacial score (nSPS) is 22.8. The zero-order valence-electron chi connectivity index (χ0n) is 12.8. The number of hydrogen-bond acceptors (Lipinski definition) is 4. The number of morpholine rings is 1. The summed E-state index contributed by atoms with van der Waals surface area (Å²) < 4.78 is 5.65. The zero-order chi connectivity index (χ0) is 15.4. The van der Waals surface area contributed by atoms with Crippen molar-refractivity contribution in [2.75, 3.05) is 25.0 Å². The molecular formula is C16H22N2O3. The van der Waals surface area contributed by atoms with Crippen LogP contribution in [0.4, 0.5) is 5.69 Å². The van der Waals surface area contributed by atoms with Crippen LogP contribution in [-0.4, -0.2) is 48.4 Å². The van der Waals surface area contributed by atoms with Gasteiger partial charge in [0, 0.05) is 24.3 Å². The molecule has 1 aliphatic rings. The summed E-state index contributed by atoms with van der Waals surface area (Å²) in [6, 6.07) is 6.99. The molecule has 21 heavy (non-hydrogen) atoms. The summed E-state index contributed by atoms with van der Waals surface area (Å²) in [5.74, 6) is -0.0843. The summed E-state index contributed by atoms with van der Waals surface area (Å²) in [6.07, 6.45) is 0.283. The predicted molar refractivity (Wildman–Crippen MR) is 81.5 cm³/mol. The highest BCUT2D eigenvalue weighted by atomic mass is 16.5. The Morgan fingerprint density at radius 1 is 1.29 bits per heavy atom. The SMILES string of the molecule is CC(=O)c1cccc(NC(=O)CN2CC(C)OC(C)C2)c1. The van der Waals surface area contributed by atoms with Crippen molar-refractivity contribution in [3.05, 3.63) is 29.8 Å². The fourth-order valence-electron chi connectivity index (χ4n) is 2.63. The maximum Gasteiger partial charge on any atom is 0.238 e. The minimum absolute atomic E-state index is 0.0121. The number of benzene rings is 1. The van der Waals surface area contributed by atoms with Gasteiger partial charge in [0.05, 0.1) is 18.8 Å². The van der Waals surface area contributed by atoms with Gasteiger partial charge in [0.1, 0.15) is 0 Å². The number of carbonyl (C=O) groups is 2. The van der Waals surface area contributed by atoms with Gasteiger partial charge in [-0.05, 0) is 32.9 Å². The fraction of sp³-hybridized carbons (Fsp3) is 0.500. The highest BCUT2D eigenvalue weighted by molar-refractivity contribution is 5.97. The summed E-state index contributed by atoms with van der Waals surface area (Å²) in [5.41, 5.74) is 1.25. The molecule has 0 spiro atoms. The van der Waals surface area contributed by atoms with Gasteiger partial charge in [0.2, 0.25) is 5.91 Å². The Bertz CT molecular complexity index is 520. The van der Waals surface area contributed by atoms with Gasteiger partial charge in [-0.3, -0.25) is 14.5 Å². The molecule has 114 valence electrons. The van der Waals surface area contributed by atoms with Crippen molar-refractivity contribution in [1.29, 1.82) is 0 Å². The van der Waals surface area contributed by atoms with Crippen molar-refractivity contribution < 1.29 is 14.3 Å². The Morgan fingerprint density at radius 2 is 1.95 bits per heavy atom. The molecule has 0 saturated carbocycles. The maximum atomic E-state index is 12.1. The van der Waals surface area contributed by atoms with E-state index in [0.717, 1.165) is 13.1 Å². The Hall–Kier alpha value is -1.72. The molecule has 5 nitrogen and oxygen atoms in total. The number of nitrogens with zero attached hydrogens (tertiary/aromatic N) is 1. The summed E-state index contributed by atoms with van der Waals surface area (Å²) in [4.78, 5) is 25.5. The first kappa shape index (κ1) is 15.7. The maximum absolute atomic E-state index is 12.1.